The normalized spacial score (nSPS) is 13.1. The van der Waals surface area contributed by atoms with E-state index < -0.39 is 0 Å². The van der Waals surface area contributed by atoms with Gasteiger partial charge in [0.25, 0.3) is 6.71 Å². The summed E-state index contributed by atoms with van der Waals surface area (Å²) < 4.78 is 2.57. The molecule has 1 aromatic heterocycles. The van der Waals surface area contributed by atoms with Crippen molar-refractivity contribution in [3.05, 3.63) is 296 Å². The molecule has 0 saturated carbocycles. The molecule has 13 bridgehead atoms. The van der Waals surface area contributed by atoms with Gasteiger partial charge in [0.15, 0.2) is 0 Å². The van der Waals surface area contributed by atoms with E-state index in [1.807, 2.05) is 11.3 Å². The average molecular weight is 1230 g/mol. The Bertz CT molecular complexity index is 5050. The van der Waals surface area contributed by atoms with Crippen molar-refractivity contribution >= 4 is 88.7 Å². The van der Waals surface area contributed by atoms with Gasteiger partial charge in [-0.2, -0.15) is 0 Å². The van der Waals surface area contributed by atoms with Crippen LogP contribution in [0.5, 0.6) is 0 Å². The lowest BCUT2D eigenvalue weighted by atomic mass is 9.33. The van der Waals surface area contributed by atoms with Crippen LogP contribution in [0.3, 0.4) is 0 Å². The van der Waals surface area contributed by atoms with Gasteiger partial charge in [0, 0.05) is 65.2 Å². The molecule has 452 valence electrons. The molecule has 0 N–H and O–H groups in total. The monoisotopic (exact) mass is 1220 g/mol. The van der Waals surface area contributed by atoms with Gasteiger partial charge in [0.05, 0.1) is 11.4 Å². The molecule has 0 unspecified atom stereocenters. The Morgan fingerprint density at radius 3 is 0.947 bits per heavy atom. The van der Waals surface area contributed by atoms with Crippen molar-refractivity contribution in [1.29, 1.82) is 0 Å². The first kappa shape index (κ1) is 57.6. The lowest BCUT2D eigenvalue weighted by Crippen LogP contribution is -2.61. The van der Waals surface area contributed by atoms with Gasteiger partial charge < -0.3 is 9.80 Å². The highest BCUT2D eigenvalue weighted by Crippen LogP contribution is 2.56. The van der Waals surface area contributed by atoms with Crippen LogP contribution in [0.15, 0.2) is 279 Å². The van der Waals surface area contributed by atoms with Gasteiger partial charge in [-0.3, -0.25) is 0 Å². The summed E-state index contributed by atoms with van der Waals surface area (Å²) in [6.45, 7) is 21.2. The highest BCUT2D eigenvalue weighted by Gasteiger charge is 2.46. The van der Waals surface area contributed by atoms with Crippen LogP contribution < -0.4 is 26.2 Å². The second kappa shape index (κ2) is 21.7. The molecule has 4 heterocycles. The van der Waals surface area contributed by atoms with Crippen LogP contribution in [0.2, 0.25) is 0 Å². The van der Waals surface area contributed by atoms with Crippen LogP contribution in [0.1, 0.15) is 79.0 Å². The van der Waals surface area contributed by atoms with Gasteiger partial charge in [-0.05, 0) is 201 Å². The van der Waals surface area contributed by atoms with Crippen molar-refractivity contribution in [3.63, 3.8) is 0 Å². The number of rotatable bonds is 4. The summed E-state index contributed by atoms with van der Waals surface area (Å²) in [5, 5.41) is 2.56. The lowest BCUT2D eigenvalue weighted by molar-refractivity contribution is 0.590. The van der Waals surface area contributed by atoms with Crippen LogP contribution in [-0.2, 0) is 16.2 Å². The quantitative estimate of drug-likeness (QED) is 0.162. The van der Waals surface area contributed by atoms with E-state index in [1.165, 1.54) is 165 Å². The standard InChI is InChI=1S/C90H73BN2S/c1-88(2,3)68-50-71(58-28-18-12-19-29-58)86-73(52-68)66-34-22-32-60(44-66)62-38-42-83-75(46-62)76-47-63(39-43-84(76)94-83)61-33-23-35-67(45-61)74-53-69(89(4,5)6)51-72(59-30-20-13-21-31-59)87(74)93-80-41-37-65(57-26-16-11-17-27-57)49-78(80)91-77-48-64(56-24-14-10-15-25-56)36-40-79(77)92(86)81-54-70(90(7,8)9)55-82(93)85(81)91/h10-55H,1-9H3. The molecule has 17 rings (SSSR count). The third kappa shape index (κ3) is 9.59. The molecule has 0 spiro atoms. The largest absolute Gasteiger partial charge is 0.310 e. The van der Waals surface area contributed by atoms with E-state index in [1.54, 1.807) is 0 Å². The second-order valence-corrected chi connectivity index (χ2v) is 30.4. The molecule has 0 radical (unpaired) electrons. The Kier molecular flexibility index (Phi) is 13.3. The molecule has 3 aliphatic heterocycles. The summed E-state index contributed by atoms with van der Waals surface area (Å²) in [7, 11) is 0. The van der Waals surface area contributed by atoms with Crippen LogP contribution in [0.25, 0.3) is 109 Å². The van der Waals surface area contributed by atoms with Crippen LogP contribution in [0.4, 0.5) is 34.1 Å². The summed E-state index contributed by atoms with van der Waals surface area (Å²) in [5.74, 6) is 0. The van der Waals surface area contributed by atoms with Crippen molar-refractivity contribution in [2.24, 2.45) is 0 Å². The van der Waals surface area contributed by atoms with Crippen molar-refractivity contribution in [2.45, 2.75) is 78.6 Å². The zero-order chi connectivity index (χ0) is 63.9. The maximum Gasteiger partial charge on any atom is 0.252 e. The van der Waals surface area contributed by atoms with Gasteiger partial charge >= 0.3 is 0 Å². The third-order valence-corrected chi connectivity index (χ3v) is 21.3. The zero-order valence-corrected chi connectivity index (χ0v) is 55.8. The molecule has 4 heteroatoms. The van der Waals surface area contributed by atoms with E-state index >= 15 is 0 Å². The van der Waals surface area contributed by atoms with Crippen LogP contribution >= 0.6 is 11.3 Å². The lowest BCUT2D eigenvalue weighted by Gasteiger charge is -2.47. The van der Waals surface area contributed by atoms with Gasteiger partial charge in [0.2, 0.25) is 0 Å². The summed E-state index contributed by atoms with van der Waals surface area (Å²) in [6.07, 6.45) is 0. The van der Waals surface area contributed by atoms with Gasteiger partial charge in [-0.1, -0.05) is 256 Å². The summed E-state index contributed by atoms with van der Waals surface area (Å²) in [6, 6.07) is 108. The first-order chi connectivity index (χ1) is 45.5. The maximum atomic E-state index is 2.73. The minimum absolute atomic E-state index is 0.195. The van der Waals surface area contributed by atoms with E-state index in [4.69, 9.17) is 0 Å². The fourth-order valence-electron chi connectivity index (χ4n) is 15.1. The Hall–Kier alpha value is -10.3. The van der Waals surface area contributed by atoms with E-state index in [0.717, 1.165) is 11.4 Å². The minimum Gasteiger partial charge on any atom is -0.310 e. The van der Waals surface area contributed by atoms with Crippen molar-refractivity contribution in [1.82, 2.24) is 0 Å². The number of thiophene rings is 1. The molecule has 0 fully saturated rings. The predicted molar refractivity (Wildman–Crippen MR) is 406 cm³/mol. The van der Waals surface area contributed by atoms with Crippen molar-refractivity contribution in [3.8, 4) is 89.0 Å². The zero-order valence-electron chi connectivity index (χ0n) is 54.9. The van der Waals surface area contributed by atoms with Crippen molar-refractivity contribution < 1.29 is 0 Å². The number of fused-ring (bicyclic) bond motifs is 20. The molecule has 0 aliphatic carbocycles. The fraction of sp³-hybridized carbons (Fsp3) is 0.133. The molecule has 13 aromatic carbocycles. The average Bonchev–Trinajstić information content (AvgIpc) is 1.08. The van der Waals surface area contributed by atoms with Crippen molar-refractivity contribution in [2.75, 3.05) is 9.80 Å². The van der Waals surface area contributed by atoms with Gasteiger partial charge in [-0.15, -0.1) is 11.3 Å². The molecule has 2 nitrogen and oxygen atoms in total. The number of nitrogens with zero attached hydrogens (tertiary/aromatic N) is 2. The number of hydrogen-bond acceptors (Lipinski definition) is 3. The molecular weight excluding hydrogens is 1150 g/mol. The SMILES string of the molecule is CC(C)(C)c1cc(-c2ccccc2)c2c(c1)-c1cccc(c1)-c1ccc3sc4ccc(cc4c3c1)-c1cccc(c1)-c1cc(C(C)(C)C)cc(-c3ccccc3)c1N1c3ccc(-c4ccccc4)cc3B3c4cc(-c5ccccc5)ccc4N2c2cc(C(C)(C)C)cc1c23. The Labute approximate surface area is 558 Å². The highest BCUT2D eigenvalue weighted by molar-refractivity contribution is 7.25. The summed E-state index contributed by atoms with van der Waals surface area (Å²) >= 11 is 1.88. The molecule has 14 aromatic rings. The highest BCUT2D eigenvalue weighted by atomic mass is 32.1. The van der Waals surface area contributed by atoms with Gasteiger partial charge in [-0.25, -0.2) is 0 Å². The fourth-order valence-corrected chi connectivity index (χ4v) is 16.2. The Morgan fingerprint density at radius 2 is 0.564 bits per heavy atom. The number of benzene rings is 13. The first-order valence-electron chi connectivity index (χ1n) is 33.3. The first-order valence-corrected chi connectivity index (χ1v) is 34.1. The Morgan fingerprint density at radius 1 is 0.255 bits per heavy atom. The number of hydrogen-bond donors (Lipinski definition) is 0. The number of anilines is 6. The smallest absolute Gasteiger partial charge is 0.252 e. The third-order valence-electron chi connectivity index (χ3n) is 20.2. The molecule has 0 atom stereocenters. The van der Waals surface area contributed by atoms with E-state index in [9.17, 15) is 0 Å². The molecule has 3 aliphatic rings. The van der Waals surface area contributed by atoms with Gasteiger partial charge in [0.1, 0.15) is 0 Å². The molecule has 94 heavy (non-hydrogen) atoms. The van der Waals surface area contributed by atoms with Crippen LogP contribution in [0, 0.1) is 0 Å². The maximum absolute atomic E-state index is 2.73. The molecular formula is C90H73BN2S. The topological polar surface area (TPSA) is 6.48 Å². The summed E-state index contributed by atoms with van der Waals surface area (Å²) in [5.41, 5.74) is 32.9. The van der Waals surface area contributed by atoms with E-state index in [0.29, 0.717) is 0 Å². The molecule has 0 amide bonds. The van der Waals surface area contributed by atoms with E-state index in [-0.39, 0.29) is 23.0 Å². The van der Waals surface area contributed by atoms with E-state index in [2.05, 4.69) is 351 Å². The minimum atomic E-state index is -0.283. The molecule has 0 saturated heterocycles. The van der Waals surface area contributed by atoms with Crippen LogP contribution in [-0.4, -0.2) is 6.71 Å². The predicted octanol–water partition coefficient (Wildman–Crippen LogP) is 23.7. The Balaban J connectivity index is 1.10. The summed E-state index contributed by atoms with van der Waals surface area (Å²) in [4.78, 5) is 5.45. The second-order valence-electron chi connectivity index (χ2n) is 29.3.